The van der Waals surface area contributed by atoms with E-state index in [9.17, 15) is 23.9 Å². The zero-order chi connectivity index (χ0) is 22.9. The second kappa shape index (κ2) is 8.97. The van der Waals surface area contributed by atoms with Crippen molar-refractivity contribution in [2.24, 2.45) is 7.05 Å². The molecule has 0 saturated heterocycles. The molecule has 0 aliphatic heterocycles. The number of nitrogens with zero attached hydrogens (tertiary/aromatic N) is 2. The molecule has 1 aliphatic carbocycles. The Morgan fingerprint density at radius 1 is 1.16 bits per heavy atom. The number of aliphatic hydroxyl groups is 1. The number of amides is 2. The average Bonchev–Trinajstić information content (AvgIpc) is 2.94. The summed E-state index contributed by atoms with van der Waals surface area (Å²) >= 11 is 0. The Balaban J connectivity index is 1.80. The molecule has 3 rings (SSSR count). The maximum Gasteiger partial charge on any atom is 0.294 e. The van der Waals surface area contributed by atoms with Gasteiger partial charge in [-0.05, 0) is 58.1 Å². The topological polar surface area (TPSA) is 113 Å². The fraction of sp³-hybridized carbons (Fsp3) is 0.455. The van der Waals surface area contributed by atoms with E-state index in [2.05, 4.69) is 15.6 Å². The Labute approximate surface area is 179 Å². The summed E-state index contributed by atoms with van der Waals surface area (Å²) in [5.41, 5.74) is 1.96. The van der Waals surface area contributed by atoms with Gasteiger partial charge in [0.25, 0.3) is 17.6 Å². The lowest BCUT2D eigenvalue weighted by molar-refractivity contribution is -0.118. The average molecular weight is 430 g/mol. The molecular formula is C22H27FN4O4. The van der Waals surface area contributed by atoms with Gasteiger partial charge in [-0.15, -0.1) is 0 Å². The highest BCUT2D eigenvalue weighted by Gasteiger charge is 2.30. The molecule has 0 aromatic carbocycles. The van der Waals surface area contributed by atoms with E-state index < -0.39 is 23.5 Å². The number of carbonyl (C=O) groups is 3. The third-order valence-electron chi connectivity index (χ3n) is 5.88. The Morgan fingerprint density at radius 3 is 2.42 bits per heavy atom. The van der Waals surface area contributed by atoms with Gasteiger partial charge in [-0.3, -0.25) is 14.4 Å². The van der Waals surface area contributed by atoms with Crippen molar-refractivity contribution in [1.82, 2.24) is 14.9 Å². The molecule has 8 nitrogen and oxygen atoms in total. The van der Waals surface area contributed by atoms with Gasteiger partial charge >= 0.3 is 0 Å². The minimum absolute atomic E-state index is 0.143. The summed E-state index contributed by atoms with van der Waals surface area (Å²) in [4.78, 5) is 41.9. The molecule has 166 valence electrons. The van der Waals surface area contributed by atoms with Crippen LogP contribution in [0.3, 0.4) is 0 Å². The van der Waals surface area contributed by atoms with Crippen LogP contribution in [0.4, 0.5) is 10.1 Å². The maximum absolute atomic E-state index is 13.4. The van der Waals surface area contributed by atoms with E-state index in [-0.39, 0.29) is 23.4 Å². The number of halogens is 1. The van der Waals surface area contributed by atoms with E-state index in [0.717, 1.165) is 0 Å². The summed E-state index contributed by atoms with van der Waals surface area (Å²) in [5, 5.41) is 15.0. The zero-order valence-electron chi connectivity index (χ0n) is 18.1. The van der Waals surface area contributed by atoms with Crippen molar-refractivity contribution in [2.75, 3.05) is 5.32 Å². The Hall–Kier alpha value is -3.07. The van der Waals surface area contributed by atoms with Crippen LogP contribution < -0.4 is 10.6 Å². The second-order valence-electron chi connectivity index (χ2n) is 8.09. The summed E-state index contributed by atoms with van der Waals surface area (Å²) in [6.07, 6.45) is 3.26. The molecule has 3 N–H and O–H groups in total. The molecule has 9 heteroatoms. The molecule has 2 aromatic rings. The van der Waals surface area contributed by atoms with Crippen molar-refractivity contribution in [3.05, 3.63) is 46.3 Å². The first-order valence-corrected chi connectivity index (χ1v) is 10.2. The van der Waals surface area contributed by atoms with Gasteiger partial charge in [-0.2, -0.15) is 4.39 Å². The summed E-state index contributed by atoms with van der Waals surface area (Å²) in [7, 11) is 1.63. The van der Waals surface area contributed by atoms with E-state index in [4.69, 9.17) is 0 Å². The minimum Gasteiger partial charge on any atom is -0.393 e. The first kappa shape index (κ1) is 22.6. The number of aliphatic hydroxyl groups excluding tert-OH is 1. The highest BCUT2D eigenvalue weighted by Crippen LogP contribution is 2.24. The highest BCUT2D eigenvalue weighted by atomic mass is 19.1. The van der Waals surface area contributed by atoms with Crippen LogP contribution in [-0.2, 0) is 11.8 Å². The number of aromatic nitrogens is 2. The molecule has 2 amide bonds. The number of Topliss-reactive ketones (excluding diaryl/α,β-unsaturated/α-hetero) is 1. The molecule has 0 bridgehead atoms. The monoisotopic (exact) mass is 430 g/mol. The van der Waals surface area contributed by atoms with Crippen molar-refractivity contribution in [2.45, 2.75) is 58.6 Å². The lowest BCUT2D eigenvalue weighted by atomic mass is 9.93. The van der Waals surface area contributed by atoms with Gasteiger partial charge in [-0.1, -0.05) is 0 Å². The number of pyridine rings is 1. The van der Waals surface area contributed by atoms with Crippen molar-refractivity contribution in [3.63, 3.8) is 0 Å². The molecule has 31 heavy (non-hydrogen) atoms. The van der Waals surface area contributed by atoms with Crippen molar-refractivity contribution < 1.29 is 23.9 Å². The van der Waals surface area contributed by atoms with Gasteiger partial charge in [-0.25, -0.2) is 4.98 Å². The molecule has 0 radical (unpaired) electrons. The van der Waals surface area contributed by atoms with Gasteiger partial charge in [0.15, 0.2) is 0 Å². The predicted molar refractivity (Wildman–Crippen MR) is 113 cm³/mol. The lowest BCUT2D eigenvalue weighted by Gasteiger charge is -2.25. The van der Waals surface area contributed by atoms with Gasteiger partial charge in [0.2, 0.25) is 5.95 Å². The molecule has 2 aromatic heterocycles. The first-order valence-electron chi connectivity index (χ1n) is 10.2. The second-order valence-corrected chi connectivity index (χ2v) is 8.09. The fourth-order valence-electron chi connectivity index (χ4n) is 4.03. The summed E-state index contributed by atoms with van der Waals surface area (Å²) < 4.78 is 14.9. The van der Waals surface area contributed by atoms with Gasteiger partial charge in [0.05, 0.1) is 29.2 Å². The number of carbonyl (C=O) groups excluding carboxylic acids is 3. The summed E-state index contributed by atoms with van der Waals surface area (Å²) in [6, 6.07) is 1.31. The van der Waals surface area contributed by atoms with Gasteiger partial charge in [0, 0.05) is 24.3 Å². The Kier molecular flexibility index (Phi) is 6.54. The fourth-order valence-corrected chi connectivity index (χ4v) is 4.03. The van der Waals surface area contributed by atoms with Crippen LogP contribution >= 0.6 is 0 Å². The number of hydrogen-bond donors (Lipinski definition) is 3. The van der Waals surface area contributed by atoms with Crippen LogP contribution in [0, 0.1) is 26.7 Å². The number of nitrogens with one attached hydrogen (secondary N) is 2. The normalized spacial score (nSPS) is 18.5. The van der Waals surface area contributed by atoms with Crippen LogP contribution in [0.1, 0.15) is 63.4 Å². The standard InChI is InChI=1S/C22H27FN4O4/c1-11-9-15(10-24-20(11)23)26-21(30)17-12(2)18(27(4)13(17)3)19(29)22(31)25-14-5-7-16(28)8-6-14/h9-10,14,16,28H,5-8H2,1-4H3,(H,25,31)(H,26,30)/t14-,16-. The third kappa shape index (κ3) is 4.66. The molecule has 0 spiro atoms. The van der Waals surface area contributed by atoms with E-state index in [1.165, 1.54) is 16.8 Å². The number of aryl methyl sites for hydroxylation is 1. The van der Waals surface area contributed by atoms with Crippen LogP contribution in [-0.4, -0.2) is 44.4 Å². The van der Waals surface area contributed by atoms with Crippen LogP contribution in [0.2, 0.25) is 0 Å². The molecule has 0 atom stereocenters. The van der Waals surface area contributed by atoms with Crippen molar-refractivity contribution in [1.29, 1.82) is 0 Å². The van der Waals surface area contributed by atoms with Gasteiger partial charge < -0.3 is 20.3 Å². The van der Waals surface area contributed by atoms with Crippen LogP contribution in [0.15, 0.2) is 12.3 Å². The van der Waals surface area contributed by atoms with Gasteiger partial charge in [0.1, 0.15) is 0 Å². The predicted octanol–water partition coefficient (Wildman–Crippen LogP) is 2.34. The molecular weight excluding hydrogens is 403 g/mol. The summed E-state index contributed by atoms with van der Waals surface area (Å²) in [5.74, 6) is -2.53. The number of hydrogen-bond acceptors (Lipinski definition) is 5. The molecule has 1 saturated carbocycles. The zero-order valence-corrected chi connectivity index (χ0v) is 18.1. The van der Waals surface area contributed by atoms with Crippen molar-refractivity contribution >= 4 is 23.3 Å². The lowest BCUT2D eigenvalue weighted by Crippen LogP contribution is -2.42. The van der Waals surface area contributed by atoms with Crippen LogP contribution in [0.25, 0.3) is 0 Å². The largest absolute Gasteiger partial charge is 0.393 e. The Bertz CT molecular complexity index is 1040. The summed E-state index contributed by atoms with van der Waals surface area (Å²) in [6.45, 7) is 4.85. The molecule has 2 heterocycles. The highest BCUT2D eigenvalue weighted by molar-refractivity contribution is 6.43. The molecule has 0 unspecified atom stereocenters. The first-order chi connectivity index (χ1) is 14.6. The molecule has 1 fully saturated rings. The van der Waals surface area contributed by atoms with Crippen molar-refractivity contribution in [3.8, 4) is 0 Å². The van der Waals surface area contributed by atoms with E-state index >= 15 is 0 Å². The number of ketones is 1. The van der Waals surface area contributed by atoms with E-state index in [0.29, 0.717) is 48.2 Å². The minimum atomic E-state index is -0.726. The smallest absolute Gasteiger partial charge is 0.294 e. The third-order valence-corrected chi connectivity index (χ3v) is 5.88. The van der Waals surface area contributed by atoms with E-state index in [1.54, 1.807) is 27.8 Å². The number of rotatable bonds is 5. The Morgan fingerprint density at radius 2 is 1.81 bits per heavy atom. The van der Waals surface area contributed by atoms with E-state index in [1.807, 2.05) is 0 Å². The molecule has 1 aliphatic rings. The van der Waals surface area contributed by atoms with Crippen LogP contribution in [0.5, 0.6) is 0 Å². The quantitative estimate of drug-likeness (QED) is 0.383. The SMILES string of the molecule is Cc1cc(NC(=O)c2c(C)c(C(=O)C(=O)N[C@H]3CC[C@H](O)CC3)n(C)c2C)cnc1F. The number of anilines is 1. The maximum atomic E-state index is 13.4.